The average molecular weight is 479 g/mol. The molecule has 33 heavy (non-hydrogen) atoms. The Bertz CT molecular complexity index is 1040. The quantitative estimate of drug-likeness (QED) is 0.292. The van der Waals surface area contributed by atoms with Gasteiger partial charge in [0.25, 0.3) is 0 Å². The molecule has 0 saturated heterocycles. The van der Waals surface area contributed by atoms with Gasteiger partial charge in [-0.1, -0.05) is 73.6 Å². The van der Waals surface area contributed by atoms with E-state index >= 15 is 0 Å². The highest BCUT2D eigenvalue weighted by Crippen LogP contribution is 2.72. The van der Waals surface area contributed by atoms with Crippen LogP contribution >= 0.6 is 22.9 Å². The Kier molecular flexibility index (Phi) is 5.77. The van der Waals surface area contributed by atoms with Crippen LogP contribution in [0, 0.1) is 28.6 Å². The van der Waals surface area contributed by atoms with Crippen LogP contribution in [0.4, 0.5) is 0 Å². The predicted octanol–water partition coefficient (Wildman–Crippen LogP) is 9.63. The van der Waals surface area contributed by atoms with Gasteiger partial charge in [-0.3, -0.25) is 0 Å². The predicted molar refractivity (Wildman–Crippen MR) is 145 cm³/mol. The summed E-state index contributed by atoms with van der Waals surface area (Å²) in [5.41, 5.74) is 5.63. The minimum atomic E-state index is -0.408. The molecule has 0 amide bonds. The van der Waals surface area contributed by atoms with Crippen LogP contribution in [-0.2, 0) is 0 Å². The molecule has 0 N–H and O–H groups in total. The molecule has 0 nitrogen and oxygen atoms in total. The van der Waals surface area contributed by atoms with Crippen molar-refractivity contribution in [1.82, 2.24) is 0 Å². The summed E-state index contributed by atoms with van der Waals surface area (Å²) in [5, 5.41) is 2.21. The monoisotopic (exact) mass is 478 g/mol. The van der Waals surface area contributed by atoms with Crippen molar-refractivity contribution in [3.05, 3.63) is 82.6 Å². The van der Waals surface area contributed by atoms with Gasteiger partial charge >= 0.3 is 0 Å². The Balaban J connectivity index is 1.57. The second-order valence-electron chi connectivity index (χ2n) is 11.8. The Morgan fingerprint density at radius 2 is 2.00 bits per heavy atom. The van der Waals surface area contributed by atoms with E-state index in [1.807, 2.05) is 11.3 Å². The Morgan fingerprint density at radius 1 is 1.21 bits per heavy atom. The maximum absolute atomic E-state index is 7.92. The number of rotatable bonds is 5. The lowest BCUT2D eigenvalue weighted by Crippen LogP contribution is -2.50. The summed E-state index contributed by atoms with van der Waals surface area (Å²) in [6.07, 6.45) is 15.3. The first-order valence-electron chi connectivity index (χ1n) is 12.7. The van der Waals surface area contributed by atoms with Gasteiger partial charge < -0.3 is 0 Å². The molecule has 176 valence electrons. The van der Waals surface area contributed by atoms with Gasteiger partial charge in [0.2, 0.25) is 0 Å². The minimum Gasteiger partial charge on any atom is -0.149 e. The maximum Gasteiger partial charge on any atom is 0.0788 e. The molecule has 0 aromatic carbocycles. The van der Waals surface area contributed by atoms with Gasteiger partial charge in [0.1, 0.15) is 0 Å². The average Bonchev–Trinajstić information content (AvgIpc) is 3.38. The Hall–Kier alpha value is -1.31. The van der Waals surface area contributed by atoms with Crippen LogP contribution in [0.5, 0.6) is 0 Å². The molecule has 5 rings (SSSR count). The van der Waals surface area contributed by atoms with Gasteiger partial charge in [-0.05, 0) is 86.5 Å². The largest absolute Gasteiger partial charge is 0.149 e. The first-order valence-corrected chi connectivity index (χ1v) is 14.0. The van der Waals surface area contributed by atoms with E-state index in [1.165, 1.54) is 40.9 Å². The molecule has 5 unspecified atom stereocenters. The summed E-state index contributed by atoms with van der Waals surface area (Å²) in [6, 6.07) is 4.50. The van der Waals surface area contributed by atoms with Gasteiger partial charge in [-0.2, -0.15) is 0 Å². The van der Waals surface area contributed by atoms with E-state index in [4.69, 9.17) is 11.6 Å². The molecule has 2 saturated carbocycles. The zero-order valence-electron chi connectivity index (χ0n) is 20.6. The summed E-state index contributed by atoms with van der Waals surface area (Å²) >= 11 is 9.80. The van der Waals surface area contributed by atoms with E-state index in [2.05, 4.69) is 76.2 Å². The van der Waals surface area contributed by atoms with Crippen molar-refractivity contribution in [3.8, 4) is 0 Å². The van der Waals surface area contributed by atoms with Gasteiger partial charge in [-0.25, -0.2) is 0 Å². The fourth-order valence-electron chi connectivity index (χ4n) is 8.05. The molecule has 4 aliphatic rings. The standard InChI is InChI=1S/C31H39ClS/c1-20(2)9-10-22(4)31(32)27(28-8-7-17-33-28)19-26-24-12-11-23-18-21(3)13-15-29(23,5)25(24)14-16-30(26,31)6/h7-8,13-15,17,23-24,26-27H,1,3-4,9-12,16,18-19H2,2,5-6H3/t23?,24?,26?,27-,29?,30?,31+/m0/s1. The molecule has 7 atom stereocenters. The normalized spacial score (nSPS) is 41.7. The molecule has 1 aromatic rings. The van der Waals surface area contributed by atoms with Crippen molar-refractivity contribution in [1.29, 1.82) is 0 Å². The maximum atomic E-state index is 7.92. The second kappa shape index (κ2) is 8.13. The van der Waals surface area contributed by atoms with E-state index in [1.54, 1.807) is 5.57 Å². The molecule has 0 aliphatic heterocycles. The molecule has 1 heterocycles. The summed E-state index contributed by atoms with van der Waals surface area (Å²) in [4.78, 5) is 1.03. The third-order valence-electron chi connectivity index (χ3n) is 9.98. The third-order valence-corrected chi connectivity index (χ3v) is 11.9. The van der Waals surface area contributed by atoms with E-state index in [0.717, 1.165) is 25.7 Å². The second-order valence-corrected chi connectivity index (χ2v) is 13.4. The molecule has 1 aromatic heterocycles. The fourth-order valence-corrected chi connectivity index (χ4v) is 9.55. The molecular weight excluding hydrogens is 440 g/mol. The minimum absolute atomic E-state index is 0.0225. The molecule has 2 heteroatoms. The molecule has 0 bridgehead atoms. The van der Waals surface area contributed by atoms with Crippen LogP contribution in [0.15, 0.2) is 77.8 Å². The van der Waals surface area contributed by atoms with Crippen molar-refractivity contribution < 1.29 is 0 Å². The zero-order chi connectivity index (χ0) is 23.6. The lowest BCUT2D eigenvalue weighted by molar-refractivity contribution is 0.0773. The number of fused-ring (bicyclic) bond motifs is 5. The number of halogens is 1. The number of hydrogen-bond acceptors (Lipinski definition) is 1. The van der Waals surface area contributed by atoms with Crippen molar-refractivity contribution in [3.63, 3.8) is 0 Å². The van der Waals surface area contributed by atoms with E-state index in [0.29, 0.717) is 23.7 Å². The Morgan fingerprint density at radius 3 is 2.70 bits per heavy atom. The lowest BCUT2D eigenvalue weighted by atomic mass is 9.49. The first kappa shape index (κ1) is 23.4. The highest BCUT2D eigenvalue weighted by atomic mass is 35.5. The number of allylic oxidation sites excluding steroid dienone is 7. The van der Waals surface area contributed by atoms with Crippen LogP contribution in [0.3, 0.4) is 0 Å². The van der Waals surface area contributed by atoms with E-state index < -0.39 is 4.87 Å². The first-order chi connectivity index (χ1) is 15.6. The van der Waals surface area contributed by atoms with Gasteiger partial charge in [0.15, 0.2) is 0 Å². The molecular formula is C31H39ClS. The van der Waals surface area contributed by atoms with E-state index in [9.17, 15) is 0 Å². The SMILES string of the molecule is C=C(C)CCC(=C)[C@@]1(Cl)[C@H](c2cccs2)CC2C3CCC4CC(=C)C=CC4(C)C3=CCC21C. The van der Waals surface area contributed by atoms with Crippen molar-refractivity contribution in [2.45, 2.75) is 76.5 Å². The number of thiophene rings is 1. The molecule has 0 spiro atoms. The highest BCUT2D eigenvalue weighted by molar-refractivity contribution is 7.10. The van der Waals surface area contributed by atoms with Gasteiger partial charge in [0.05, 0.1) is 4.87 Å². The van der Waals surface area contributed by atoms with Gasteiger partial charge in [0, 0.05) is 16.2 Å². The Labute approximate surface area is 210 Å². The molecule has 0 radical (unpaired) electrons. The topological polar surface area (TPSA) is 0 Å². The van der Waals surface area contributed by atoms with Crippen molar-refractivity contribution >= 4 is 22.9 Å². The summed E-state index contributed by atoms with van der Waals surface area (Å²) < 4.78 is 0. The smallest absolute Gasteiger partial charge is 0.0788 e. The van der Waals surface area contributed by atoms with Crippen LogP contribution in [0.2, 0.25) is 0 Å². The van der Waals surface area contributed by atoms with Crippen molar-refractivity contribution in [2.75, 3.05) is 0 Å². The fraction of sp³-hybridized carbons (Fsp3) is 0.548. The van der Waals surface area contributed by atoms with Gasteiger partial charge in [-0.15, -0.1) is 29.5 Å². The highest BCUT2D eigenvalue weighted by Gasteiger charge is 2.66. The summed E-state index contributed by atoms with van der Waals surface area (Å²) in [7, 11) is 0. The van der Waals surface area contributed by atoms with Crippen LogP contribution in [0.1, 0.15) is 76.5 Å². The van der Waals surface area contributed by atoms with Crippen LogP contribution in [-0.4, -0.2) is 4.87 Å². The number of alkyl halides is 1. The van der Waals surface area contributed by atoms with Crippen molar-refractivity contribution in [2.24, 2.45) is 28.6 Å². The molecule has 4 aliphatic carbocycles. The summed E-state index contributed by atoms with van der Waals surface area (Å²) in [6.45, 7) is 20.2. The third kappa shape index (κ3) is 3.36. The van der Waals surface area contributed by atoms with E-state index in [-0.39, 0.29) is 10.8 Å². The molecule has 2 fully saturated rings. The van der Waals surface area contributed by atoms with Crippen LogP contribution < -0.4 is 0 Å². The summed E-state index contributed by atoms with van der Waals surface area (Å²) in [5.74, 6) is 2.26. The lowest BCUT2D eigenvalue weighted by Gasteiger charge is -2.56. The zero-order valence-corrected chi connectivity index (χ0v) is 22.2. The van der Waals surface area contributed by atoms with Crippen LogP contribution in [0.25, 0.3) is 0 Å². The number of hydrogen-bond donors (Lipinski definition) is 0.